The summed E-state index contributed by atoms with van der Waals surface area (Å²) in [5.74, 6) is 1.75. The Balaban J connectivity index is 2.33. The molecule has 2 aromatic rings. The second kappa shape index (κ2) is 8.26. The quantitative estimate of drug-likeness (QED) is 0.758. The molecule has 24 heavy (non-hydrogen) atoms. The number of hydrogen-bond acceptors (Lipinski definition) is 5. The van der Waals surface area contributed by atoms with E-state index in [9.17, 15) is 0 Å². The Morgan fingerprint density at radius 1 is 1.04 bits per heavy atom. The van der Waals surface area contributed by atoms with Crippen LogP contribution in [-0.2, 0) is 6.61 Å². The summed E-state index contributed by atoms with van der Waals surface area (Å²) >= 11 is 0. The molecule has 0 aliphatic heterocycles. The molecule has 2 rings (SSSR count). The molecular formula is C19H16N2O3. The van der Waals surface area contributed by atoms with Gasteiger partial charge in [-0.25, -0.2) is 0 Å². The molecule has 5 nitrogen and oxygen atoms in total. The number of ether oxygens (including phenoxy) is 3. The highest BCUT2D eigenvalue weighted by molar-refractivity contribution is 5.69. The number of nitriles is 2. The van der Waals surface area contributed by atoms with E-state index in [0.717, 1.165) is 11.3 Å². The van der Waals surface area contributed by atoms with E-state index in [1.165, 1.54) is 13.2 Å². The molecule has 0 heterocycles. The van der Waals surface area contributed by atoms with Gasteiger partial charge in [-0.2, -0.15) is 10.5 Å². The predicted octanol–water partition coefficient (Wildman–Crippen LogP) is 3.71. The number of nitrogens with zero attached hydrogens (tertiary/aromatic N) is 2. The van der Waals surface area contributed by atoms with Crippen LogP contribution in [0, 0.1) is 22.7 Å². The Morgan fingerprint density at radius 3 is 2.46 bits per heavy atom. The zero-order valence-corrected chi connectivity index (χ0v) is 13.4. The summed E-state index contributed by atoms with van der Waals surface area (Å²) in [6.07, 6.45) is 1.48. The van der Waals surface area contributed by atoms with Crippen molar-refractivity contribution in [3.05, 3.63) is 59.2 Å². The van der Waals surface area contributed by atoms with Gasteiger partial charge >= 0.3 is 0 Å². The maximum Gasteiger partial charge on any atom is 0.168 e. The lowest BCUT2D eigenvalue weighted by molar-refractivity contribution is 0.283. The van der Waals surface area contributed by atoms with Crippen molar-refractivity contribution in [3.8, 4) is 29.4 Å². The Hall–Kier alpha value is -3.44. The minimum atomic E-state index is -0.00511. The number of rotatable bonds is 6. The zero-order valence-electron chi connectivity index (χ0n) is 13.4. The Labute approximate surface area is 140 Å². The Kier molecular flexibility index (Phi) is 5.82. The normalized spacial score (nSPS) is 9.33. The largest absolute Gasteiger partial charge is 0.497 e. The summed E-state index contributed by atoms with van der Waals surface area (Å²) in [5.41, 5.74) is 1.53. The van der Waals surface area contributed by atoms with Gasteiger partial charge in [-0.05, 0) is 29.8 Å². The molecule has 2 aromatic carbocycles. The van der Waals surface area contributed by atoms with Crippen molar-refractivity contribution < 1.29 is 14.2 Å². The molecule has 0 spiro atoms. The van der Waals surface area contributed by atoms with Gasteiger partial charge in [0.05, 0.1) is 14.2 Å². The second-order valence-electron chi connectivity index (χ2n) is 4.80. The van der Waals surface area contributed by atoms with Crippen molar-refractivity contribution >= 4 is 6.08 Å². The lowest BCUT2D eigenvalue weighted by Gasteiger charge is -2.14. The van der Waals surface area contributed by atoms with E-state index in [1.807, 2.05) is 36.4 Å². The van der Waals surface area contributed by atoms with E-state index in [-0.39, 0.29) is 5.57 Å². The van der Waals surface area contributed by atoms with E-state index < -0.39 is 0 Å². The number of methoxy groups -OCH3 is 2. The molecule has 0 N–H and O–H groups in total. The van der Waals surface area contributed by atoms with Crippen molar-refractivity contribution in [2.24, 2.45) is 0 Å². The summed E-state index contributed by atoms with van der Waals surface area (Å²) in [4.78, 5) is 0. The summed E-state index contributed by atoms with van der Waals surface area (Å²) in [6.45, 7) is 0.298. The van der Waals surface area contributed by atoms with Crippen LogP contribution in [0.1, 0.15) is 11.1 Å². The molecule has 0 saturated heterocycles. The number of benzene rings is 2. The molecule has 0 radical (unpaired) electrons. The first kappa shape index (κ1) is 16.9. The highest BCUT2D eigenvalue weighted by Gasteiger charge is 2.11. The number of hydrogen-bond donors (Lipinski definition) is 0. The van der Waals surface area contributed by atoms with E-state index in [1.54, 1.807) is 25.3 Å². The fourth-order valence-electron chi connectivity index (χ4n) is 2.12. The molecule has 0 amide bonds. The molecule has 0 fully saturated rings. The van der Waals surface area contributed by atoms with Crippen molar-refractivity contribution in [2.75, 3.05) is 14.2 Å². The number of para-hydroxylation sites is 1. The third-order valence-electron chi connectivity index (χ3n) is 3.29. The van der Waals surface area contributed by atoms with Gasteiger partial charge in [-0.15, -0.1) is 0 Å². The van der Waals surface area contributed by atoms with Gasteiger partial charge in [0.1, 0.15) is 30.1 Å². The topological polar surface area (TPSA) is 75.3 Å². The Bertz CT molecular complexity index is 813. The lowest BCUT2D eigenvalue weighted by Crippen LogP contribution is -2.00. The summed E-state index contributed by atoms with van der Waals surface area (Å²) in [6, 6.07) is 16.5. The molecule has 0 aliphatic rings. The second-order valence-corrected chi connectivity index (χ2v) is 4.80. The maximum absolute atomic E-state index is 8.94. The minimum absolute atomic E-state index is 0.00511. The highest BCUT2D eigenvalue weighted by Crippen LogP contribution is 2.33. The molecule has 0 saturated carbocycles. The summed E-state index contributed by atoms with van der Waals surface area (Å²) in [7, 11) is 3.14. The molecular weight excluding hydrogens is 304 g/mol. The van der Waals surface area contributed by atoms with Crippen LogP contribution < -0.4 is 14.2 Å². The van der Waals surface area contributed by atoms with Crippen LogP contribution in [-0.4, -0.2) is 14.2 Å². The van der Waals surface area contributed by atoms with Crippen LogP contribution in [0.2, 0.25) is 0 Å². The molecule has 5 heteroatoms. The smallest absolute Gasteiger partial charge is 0.168 e. The highest BCUT2D eigenvalue weighted by atomic mass is 16.5. The van der Waals surface area contributed by atoms with Crippen LogP contribution in [0.5, 0.6) is 17.2 Å². The van der Waals surface area contributed by atoms with E-state index in [2.05, 4.69) is 0 Å². The lowest BCUT2D eigenvalue weighted by atomic mass is 10.1. The minimum Gasteiger partial charge on any atom is -0.497 e. The van der Waals surface area contributed by atoms with Crippen LogP contribution in [0.4, 0.5) is 0 Å². The van der Waals surface area contributed by atoms with E-state index >= 15 is 0 Å². The molecule has 0 aliphatic carbocycles. The number of allylic oxidation sites excluding steroid dienone is 1. The molecule has 0 bridgehead atoms. The van der Waals surface area contributed by atoms with Gasteiger partial charge < -0.3 is 14.2 Å². The van der Waals surface area contributed by atoms with Crippen molar-refractivity contribution in [1.82, 2.24) is 0 Å². The van der Waals surface area contributed by atoms with Crippen LogP contribution >= 0.6 is 0 Å². The molecule has 0 atom stereocenters. The van der Waals surface area contributed by atoms with Crippen molar-refractivity contribution in [1.29, 1.82) is 10.5 Å². The van der Waals surface area contributed by atoms with E-state index in [0.29, 0.717) is 23.7 Å². The predicted molar refractivity (Wildman–Crippen MR) is 89.5 cm³/mol. The molecule has 0 unspecified atom stereocenters. The first-order valence-electron chi connectivity index (χ1n) is 7.16. The van der Waals surface area contributed by atoms with Gasteiger partial charge in [0.2, 0.25) is 0 Å². The van der Waals surface area contributed by atoms with Crippen molar-refractivity contribution in [3.63, 3.8) is 0 Å². The van der Waals surface area contributed by atoms with Crippen LogP contribution in [0.25, 0.3) is 6.08 Å². The molecule has 120 valence electrons. The first-order chi connectivity index (χ1) is 11.7. The zero-order chi connectivity index (χ0) is 17.4. The van der Waals surface area contributed by atoms with E-state index in [4.69, 9.17) is 24.7 Å². The average molecular weight is 320 g/mol. The van der Waals surface area contributed by atoms with Gasteiger partial charge in [0, 0.05) is 5.56 Å². The fraction of sp³-hybridized carbons (Fsp3) is 0.158. The van der Waals surface area contributed by atoms with Crippen molar-refractivity contribution in [2.45, 2.75) is 6.61 Å². The Morgan fingerprint density at radius 2 is 1.79 bits per heavy atom. The SMILES string of the molecule is COc1cccc(COc2c(C=C(C#N)C#N)cccc2OC)c1. The van der Waals surface area contributed by atoms with Crippen LogP contribution in [0.15, 0.2) is 48.0 Å². The van der Waals surface area contributed by atoms with Gasteiger partial charge in [-0.3, -0.25) is 0 Å². The molecule has 0 aromatic heterocycles. The summed E-state index contributed by atoms with van der Waals surface area (Å²) in [5, 5.41) is 17.9. The standard InChI is InChI=1S/C19H16N2O3/c1-22-17-7-3-5-14(10-17)13-24-19-16(9-15(11-20)12-21)6-4-8-18(19)23-2/h3-10H,13H2,1-2H3. The average Bonchev–Trinajstić information content (AvgIpc) is 2.64. The van der Waals surface area contributed by atoms with Crippen LogP contribution in [0.3, 0.4) is 0 Å². The third-order valence-corrected chi connectivity index (χ3v) is 3.29. The van der Waals surface area contributed by atoms with Gasteiger partial charge in [-0.1, -0.05) is 24.3 Å². The monoisotopic (exact) mass is 320 g/mol. The summed E-state index contributed by atoms with van der Waals surface area (Å²) < 4.78 is 16.4. The fourth-order valence-corrected chi connectivity index (χ4v) is 2.12. The maximum atomic E-state index is 8.94. The van der Waals surface area contributed by atoms with Gasteiger partial charge in [0.25, 0.3) is 0 Å². The third kappa shape index (κ3) is 4.06. The first-order valence-corrected chi connectivity index (χ1v) is 7.16. The van der Waals surface area contributed by atoms with Gasteiger partial charge in [0.15, 0.2) is 11.5 Å².